The molecule has 0 aliphatic heterocycles. The lowest BCUT2D eigenvalue weighted by molar-refractivity contribution is -0.118. The van der Waals surface area contributed by atoms with Crippen molar-refractivity contribution in [2.75, 3.05) is 0 Å². The molecule has 3 heteroatoms. The predicted octanol–water partition coefficient (Wildman–Crippen LogP) is 1.82. The van der Waals surface area contributed by atoms with Gasteiger partial charge in [0.1, 0.15) is 5.75 Å². The third-order valence-electron chi connectivity index (χ3n) is 2.46. The van der Waals surface area contributed by atoms with Crippen LogP contribution in [0.25, 0.3) is 6.08 Å². The fourth-order valence-corrected chi connectivity index (χ4v) is 1.80. The molecule has 0 saturated heterocycles. The zero-order valence-corrected chi connectivity index (χ0v) is 8.58. The largest absolute Gasteiger partial charge is 0.508 e. The van der Waals surface area contributed by atoms with E-state index in [0.29, 0.717) is 0 Å². The SMILES string of the molecule is CC(=O)NC1=Cc2cc(O)ccc2CC1. The molecule has 15 heavy (non-hydrogen) atoms. The van der Waals surface area contributed by atoms with Crippen LogP contribution >= 0.6 is 0 Å². The van der Waals surface area contributed by atoms with Crippen LogP contribution in [0.15, 0.2) is 23.9 Å². The number of phenols is 1. The molecule has 0 spiro atoms. The van der Waals surface area contributed by atoms with Crippen molar-refractivity contribution < 1.29 is 9.90 Å². The van der Waals surface area contributed by atoms with Gasteiger partial charge in [-0.05, 0) is 42.2 Å². The van der Waals surface area contributed by atoms with Crippen LogP contribution < -0.4 is 5.32 Å². The van der Waals surface area contributed by atoms with E-state index in [4.69, 9.17) is 0 Å². The number of rotatable bonds is 1. The predicted molar refractivity (Wildman–Crippen MR) is 58.2 cm³/mol. The van der Waals surface area contributed by atoms with Crippen LogP contribution in [0.3, 0.4) is 0 Å². The van der Waals surface area contributed by atoms with Gasteiger partial charge >= 0.3 is 0 Å². The van der Waals surface area contributed by atoms with Crippen molar-refractivity contribution in [2.24, 2.45) is 0 Å². The number of phenolic OH excluding ortho intramolecular Hbond substituents is 1. The quantitative estimate of drug-likeness (QED) is 0.731. The molecule has 2 rings (SSSR count). The van der Waals surface area contributed by atoms with Crippen LogP contribution in [-0.2, 0) is 11.2 Å². The minimum absolute atomic E-state index is 0.0511. The highest BCUT2D eigenvalue weighted by Gasteiger charge is 2.11. The van der Waals surface area contributed by atoms with Crippen molar-refractivity contribution in [2.45, 2.75) is 19.8 Å². The normalized spacial score (nSPS) is 14.1. The van der Waals surface area contributed by atoms with E-state index >= 15 is 0 Å². The van der Waals surface area contributed by atoms with Gasteiger partial charge in [0.25, 0.3) is 0 Å². The van der Waals surface area contributed by atoms with E-state index in [-0.39, 0.29) is 11.7 Å². The Morgan fingerprint density at radius 1 is 1.40 bits per heavy atom. The number of aryl methyl sites for hydroxylation is 1. The van der Waals surface area contributed by atoms with E-state index < -0.39 is 0 Å². The molecule has 0 saturated carbocycles. The van der Waals surface area contributed by atoms with E-state index in [1.807, 2.05) is 12.1 Å². The van der Waals surface area contributed by atoms with Crippen LogP contribution in [0, 0.1) is 0 Å². The Bertz CT molecular complexity index is 435. The summed E-state index contributed by atoms with van der Waals surface area (Å²) in [6.07, 6.45) is 3.67. The van der Waals surface area contributed by atoms with Crippen molar-refractivity contribution in [3.8, 4) is 5.75 Å². The molecule has 0 radical (unpaired) electrons. The van der Waals surface area contributed by atoms with Crippen LogP contribution in [-0.4, -0.2) is 11.0 Å². The van der Waals surface area contributed by atoms with Gasteiger partial charge in [-0.15, -0.1) is 0 Å². The average molecular weight is 203 g/mol. The van der Waals surface area contributed by atoms with Crippen molar-refractivity contribution in [3.05, 3.63) is 35.0 Å². The maximum absolute atomic E-state index is 10.9. The summed E-state index contributed by atoms with van der Waals surface area (Å²) in [5, 5.41) is 12.1. The van der Waals surface area contributed by atoms with Gasteiger partial charge in [-0.25, -0.2) is 0 Å². The molecular formula is C12H13NO2. The number of benzene rings is 1. The second-order valence-electron chi connectivity index (χ2n) is 3.73. The van der Waals surface area contributed by atoms with E-state index in [2.05, 4.69) is 5.32 Å². The first-order valence-corrected chi connectivity index (χ1v) is 4.95. The Balaban J connectivity index is 2.31. The summed E-state index contributed by atoms with van der Waals surface area (Å²) in [6, 6.07) is 5.33. The first-order chi connectivity index (χ1) is 7.15. The number of carbonyl (C=O) groups excluding carboxylic acids is 1. The first kappa shape index (κ1) is 9.77. The van der Waals surface area contributed by atoms with Gasteiger partial charge in [0.2, 0.25) is 5.91 Å². The van der Waals surface area contributed by atoms with E-state index in [1.165, 1.54) is 12.5 Å². The Kier molecular flexibility index (Phi) is 2.46. The van der Waals surface area contributed by atoms with Gasteiger partial charge < -0.3 is 10.4 Å². The molecule has 0 heterocycles. The molecule has 0 bridgehead atoms. The lowest BCUT2D eigenvalue weighted by atomic mass is 9.95. The van der Waals surface area contributed by atoms with E-state index in [9.17, 15) is 9.90 Å². The molecule has 1 amide bonds. The molecule has 1 aliphatic rings. The van der Waals surface area contributed by atoms with Gasteiger partial charge in [-0.1, -0.05) is 6.07 Å². The molecule has 3 nitrogen and oxygen atoms in total. The summed E-state index contributed by atoms with van der Waals surface area (Å²) < 4.78 is 0. The van der Waals surface area contributed by atoms with Crippen LogP contribution in [0.2, 0.25) is 0 Å². The number of hydrogen-bond acceptors (Lipinski definition) is 2. The zero-order chi connectivity index (χ0) is 10.8. The highest BCUT2D eigenvalue weighted by atomic mass is 16.3. The summed E-state index contributed by atoms with van der Waals surface area (Å²) in [5.74, 6) is 0.207. The molecule has 0 fully saturated rings. The molecule has 1 aromatic carbocycles. The molecule has 1 aromatic rings. The average Bonchev–Trinajstić information content (AvgIpc) is 2.16. The monoisotopic (exact) mass is 203 g/mol. The number of fused-ring (bicyclic) bond motifs is 1. The third kappa shape index (κ3) is 2.18. The Morgan fingerprint density at radius 3 is 2.93 bits per heavy atom. The fraction of sp³-hybridized carbons (Fsp3) is 0.250. The van der Waals surface area contributed by atoms with Crippen molar-refractivity contribution in [1.29, 1.82) is 0 Å². The van der Waals surface area contributed by atoms with Gasteiger partial charge in [-0.2, -0.15) is 0 Å². The zero-order valence-electron chi connectivity index (χ0n) is 8.58. The molecule has 0 aromatic heterocycles. The van der Waals surface area contributed by atoms with Crippen LogP contribution in [0.1, 0.15) is 24.5 Å². The van der Waals surface area contributed by atoms with Crippen molar-refractivity contribution in [3.63, 3.8) is 0 Å². The standard InChI is InChI=1S/C12H13NO2/c1-8(14)13-11-4-2-9-3-5-12(15)7-10(9)6-11/h3,5-7,15H,2,4H2,1H3,(H,13,14). The summed E-state index contributed by atoms with van der Waals surface area (Å²) in [6.45, 7) is 1.50. The molecule has 0 unspecified atom stereocenters. The first-order valence-electron chi connectivity index (χ1n) is 4.95. The molecule has 1 aliphatic carbocycles. The smallest absolute Gasteiger partial charge is 0.220 e. The lowest BCUT2D eigenvalue weighted by Crippen LogP contribution is -2.21. The Hall–Kier alpha value is -1.77. The number of nitrogens with one attached hydrogen (secondary N) is 1. The number of carbonyl (C=O) groups is 1. The number of hydrogen-bond donors (Lipinski definition) is 2. The molecule has 2 N–H and O–H groups in total. The Morgan fingerprint density at radius 2 is 2.20 bits per heavy atom. The van der Waals surface area contributed by atoms with Crippen molar-refractivity contribution >= 4 is 12.0 Å². The van der Waals surface area contributed by atoms with Gasteiger partial charge in [0.15, 0.2) is 0 Å². The summed E-state index contributed by atoms with van der Waals surface area (Å²) in [7, 11) is 0. The summed E-state index contributed by atoms with van der Waals surface area (Å²) in [5.41, 5.74) is 3.12. The number of allylic oxidation sites excluding steroid dienone is 1. The second kappa shape index (κ2) is 3.77. The maximum Gasteiger partial charge on any atom is 0.220 e. The molecular weight excluding hydrogens is 190 g/mol. The lowest BCUT2D eigenvalue weighted by Gasteiger charge is -2.16. The Labute approximate surface area is 88.4 Å². The van der Waals surface area contributed by atoms with Crippen LogP contribution in [0.4, 0.5) is 0 Å². The molecule has 0 atom stereocenters. The highest BCUT2D eigenvalue weighted by Crippen LogP contribution is 2.25. The van der Waals surface area contributed by atoms with E-state index in [0.717, 1.165) is 24.1 Å². The van der Waals surface area contributed by atoms with Gasteiger partial charge in [0.05, 0.1) is 0 Å². The summed E-state index contributed by atoms with van der Waals surface area (Å²) >= 11 is 0. The summed E-state index contributed by atoms with van der Waals surface area (Å²) in [4.78, 5) is 10.9. The highest BCUT2D eigenvalue weighted by molar-refractivity contribution is 5.77. The van der Waals surface area contributed by atoms with E-state index in [1.54, 1.807) is 12.1 Å². The van der Waals surface area contributed by atoms with Gasteiger partial charge in [0, 0.05) is 12.6 Å². The molecule has 78 valence electrons. The number of aromatic hydroxyl groups is 1. The topological polar surface area (TPSA) is 49.3 Å². The minimum atomic E-state index is -0.0511. The second-order valence-corrected chi connectivity index (χ2v) is 3.73. The maximum atomic E-state index is 10.9. The van der Waals surface area contributed by atoms with Gasteiger partial charge in [-0.3, -0.25) is 4.79 Å². The minimum Gasteiger partial charge on any atom is -0.508 e. The number of amides is 1. The third-order valence-corrected chi connectivity index (χ3v) is 2.46. The fourth-order valence-electron chi connectivity index (χ4n) is 1.80. The van der Waals surface area contributed by atoms with Crippen molar-refractivity contribution in [1.82, 2.24) is 5.32 Å². The van der Waals surface area contributed by atoms with Crippen LogP contribution in [0.5, 0.6) is 5.75 Å².